The molecule has 96 valence electrons. The molecule has 2 aromatic heterocycles. The van der Waals surface area contributed by atoms with Crippen LogP contribution < -0.4 is 5.56 Å². The lowest BCUT2D eigenvalue weighted by Gasteiger charge is -2.07. The first-order valence-electron chi connectivity index (χ1n) is 6.33. The van der Waals surface area contributed by atoms with Crippen molar-refractivity contribution in [2.24, 2.45) is 0 Å². The van der Waals surface area contributed by atoms with Gasteiger partial charge in [-0.15, -0.1) is 0 Å². The Balaban J connectivity index is 2.18. The number of H-pyrrole nitrogens is 2. The van der Waals surface area contributed by atoms with E-state index in [9.17, 15) is 9.90 Å². The summed E-state index contributed by atoms with van der Waals surface area (Å²) >= 11 is 0. The Labute approximate surface area is 103 Å². The van der Waals surface area contributed by atoms with E-state index in [1.54, 1.807) is 6.92 Å². The number of fused-ring (bicyclic) bond motifs is 1. The predicted molar refractivity (Wildman–Crippen MR) is 66.4 cm³/mol. The maximum absolute atomic E-state index is 11.8. The predicted octanol–water partition coefficient (Wildman–Crippen LogP) is 1.36. The molecule has 1 aliphatic carbocycles. The van der Waals surface area contributed by atoms with Crippen molar-refractivity contribution in [2.75, 3.05) is 0 Å². The molecule has 1 saturated carbocycles. The van der Waals surface area contributed by atoms with Crippen molar-refractivity contribution in [2.45, 2.75) is 44.6 Å². The molecule has 6 heteroatoms. The van der Waals surface area contributed by atoms with Gasteiger partial charge in [0.05, 0.1) is 5.69 Å². The lowest BCUT2D eigenvalue weighted by molar-refractivity contribution is 0.189. The first-order valence-corrected chi connectivity index (χ1v) is 6.33. The molecule has 0 aromatic carbocycles. The number of nitrogens with one attached hydrogen (secondary N) is 2. The molecule has 1 fully saturated rings. The number of rotatable bonds is 2. The van der Waals surface area contributed by atoms with Gasteiger partial charge in [0, 0.05) is 5.92 Å². The Morgan fingerprint density at radius 1 is 1.33 bits per heavy atom. The summed E-state index contributed by atoms with van der Waals surface area (Å²) < 4.78 is 0. The zero-order chi connectivity index (χ0) is 12.7. The van der Waals surface area contributed by atoms with Crippen LogP contribution in [0.1, 0.15) is 56.1 Å². The van der Waals surface area contributed by atoms with Gasteiger partial charge in [0.25, 0.3) is 5.56 Å². The molecule has 6 nitrogen and oxygen atoms in total. The van der Waals surface area contributed by atoms with E-state index in [0.29, 0.717) is 22.8 Å². The minimum atomic E-state index is -0.784. The summed E-state index contributed by atoms with van der Waals surface area (Å²) in [5.74, 6) is 0.708. The van der Waals surface area contributed by atoms with Gasteiger partial charge in [-0.05, 0) is 19.8 Å². The first-order chi connectivity index (χ1) is 8.66. The standard InChI is InChI=1S/C12H16N4O2/c1-6(17)11-13-9-8(7-4-2-3-5-7)15-16-10(9)12(18)14-11/h6-7,17H,2-5H2,1H3,(H,15,16)(H,13,14,18). The third-order valence-electron chi connectivity index (χ3n) is 3.62. The number of aliphatic hydroxyl groups excluding tert-OH is 1. The van der Waals surface area contributed by atoms with Crippen LogP contribution in [0.25, 0.3) is 11.0 Å². The van der Waals surface area contributed by atoms with Crippen LogP contribution in [0.3, 0.4) is 0 Å². The van der Waals surface area contributed by atoms with E-state index >= 15 is 0 Å². The molecule has 2 aromatic rings. The number of nitrogens with zero attached hydrogens (tertiary/aromatic N) is 2. The molecule has 0 bridgehead atoms. The lowest BCUT2D eigenvalue weighted by Crippen LogP contribution is -2.13. The van der Waals surface area contributed by atoms with Gasteiger partial charge in [-0.25, -0.2) is 4.98 Å². The van der Waals surface area contributed by atoms with Gasteiger partial charge in [0.15, 0.2) is 5.52 Å². The minimum absolute atomic E-state index is 0.295. The van der Waals surface area contributed by atoms with E-state index in [1.165, 1.54) is 12.8 Å². The van der Waals surface area contributed by atoms with Gasteiger partial charge in [0.1, 0.15) is 17.4 Å². The summed E-state index contributed by atoms with van der Waals surface area (Å²) in [5, 5.41) is 16.5. The SMILES string of the molecule is CC(O)c1nc2c(C3CCCC3)[nH]nc2c(=O)[nH]1. The molecular weight excluding hydrogens is 232 g/mol. The molecule has 1 unspecified atom stereocenters. The van der Waals surface area contributed by atoms with Crippen molar-refractivity contribution < 1.29 is 5.11 Å². The molecule has 1 aliphatic rings. The molecular formula is C12H16N4O2. The fourth-order valence-corrected chi connectivity index (χ4v) is 2.64. The van der Waals surface area contributed by atoms with E-state index in [2.05, 4.69) is 20.2 Å². The molecule has 0 saturated heterocycles. The van der Waals surface area contributed by atoms with Crippen LogP contribution in [-0.2, 0) is 0 Å². The first kappa shape index (κ1) is 11.4. The number of aromatic nitrogens is 4. The summed E-state index contributed by atoms with van der Waals surface area (Å²) in [6, 6.07) is 0. The topological polar surface area (TPSA) is 94.7 Å². The van der Waals surface area contributed by atoms with Crippen LogP contribution in [0.4, 0.5) is 0 Å². The Bertz CT molecular complexity index is 623. The second-order valence-corrected chi connectivity index (χ2v) is 4.94. The van der Waals surface area contributed by atoms with E-state index < -0.39 is 6.10 Å². The third-order valence-corrected chi connectivity index (χ3v) is 3.62. The quantitative estimate of drug-likeness (QED) is 0.747. The van der Waals surface area contributed by atoms with Crippen molar-refractivity contribution in [3.8, 4) is 0 Å². The van der Waals surface area contributed by atoms with E-state index in [1.807, 2.05) is 0 Å². The molecule has 0 radical (unpaired) electrons. The number of hydrogen-bond donors (Lipinski definition) is 3. The summed E-state index contributed by atoms with van der Waals surface area (Å²) in [6.45, 7) is 1.58. The largest absolute Gasteiger partial charge is 0.385 e. The summed E-state index contributed by atoms with van der Waals surface area (Å²) in [6.07, 6.45) is 3.84. The molecule has 1 atom stereocenters. The summed E-state index contributed by atoms with van der Waals surface area (Å²) in [4.78, 5) is 18.7. The maximum atomic E-state index is 11.8. The van der Waals surface area contributed by atoms with Crippen molar-refractivity contribution in [3.63, 3.8) is 0 Å². The second kappa shape index (κ2) is 4.20. The van der Waals surface area contributed by atoms with Crippen LogP contribution in [0.5, 0.6) is 0 Å². The Hall–Kier alpha value is -1.69. The highest BCUT2D eigenvalue weighted by atomic mass is 16.3. The van der Waals surface area contributed by atoms with Crippen molar-refractivity contribution in [1.82, 2.24) is 20.2 Å². The number of aliphatic hydroxyl groups is 1. The van der Waals surface area contributed by atoms with Crippen molar-refractivity contribution >= 4 is 11.0 Å². The summed E-state index contributed by atoms with van der Waals surface area (Å²) in [7, 11) is 0. The van der Waals surface area contributed by atoms with Gasteiger partial charge >= 0.3 is 0 Å². The minimum Gasteiger partial charge on any atom is -0.385 e. The van der Waals surface area contributed by atoms with Crippen LogP contribution >= 0.6 is 0 Å². The van der Waals surface area contributed by atoms with E-state index in [4.69, 9.17) is 0 Å². The fourth-order valence-electron chi connectivity index (χ4n) is 2.64. The van der Waals surface area contributed by atoms with Crippen molar-refractivity contribution in [1.29, 1.82) is 0 Å². The van der Waals surface area contributed by atoms with Crippen molar-refractivity contribution in [3.05, 3.63) is 21.9 Å². The third kappa shape index (κ3) is 1.73. The zero-order valence-corrected chi connectivity index (χ0v) is 10.2. The van der Waals surface area contributed by atoms with Gasteiger partial charge in [-0.1, -0.05) is 12.8 Å². The Kier molecular flexibility index (Phi) is 2.66. The molecule has 2 heterocycles. The van der Waals surface area contributed by atoms with E-state index in [0.717, 1.165) is 18.5 Å². The number of hydrogen-bond acceptors (Lipinski definition) is 4. The van der Waals surface area contributed by atoms with Crippen LogP contribution in [0.2, 0.25) is 0 Å². The average Bonchev–Trinajstić information content (AvgIpc) is 2.96. The molecule has 0 amide bonds. The highest BCUT2D eigenvalue weighted by Crippen LogP contribution is 2.35. The van der Waals surface area contributed by atoms with Gasteiger partial charge in [-0.3, -0.25) is 9.89 Å². The van der Waals surface area contributed by atoms with E-state index in [-0.39, 0.29) is 5.56 Å². The average molecular weight is 248 g/mol. The molecule has 3 N–H and O–H groups in total. The lowest BCUT2D eigenvalue weighted by atomic mass is 10.0. The monoisotopic (exact) mass is 248 g/mol. The Morgan fingerprint density at radius 2 is 2.06 bits per heavy atom. The van der Waals surface area contributed by atoms with Gasteiger partial charge in [-0.2, -0.15) is 5.10 Å². The molecule has 0 aliphatic heterocycles. The zero-order valence-electron chi connectivity index (χ0n) is 10.2. The Morgan fingerprint density at radius 3 is 2.72 bits per heavy atom. The highest BCUT2D eigenvalue weighted by molar-refractivity contribution is 5.76. The van der Waals surface area contributed by atoms with Crippen LogP contribution in [0.15, 0.2) is 4.79 Å². The van der Waals surface area contributed by atoms with Crippen LogP contribution in [-0.4, -0.2) is 25.3 Å². The summed E-state index contributed by atoms with van der Waals surface area (Å²) in [5.41, 5.74) is 1.59. The fraction of sp³-hybridized carbons (Fsp3) is 0.583. The smallest absolute Gasteiger partial charge is 0.279 e. The van der Waals surface area contributed by atoms with Crippen LogP contribution in [0, 0.1) is 0 Å². The highest BCUT2D eigenvalue weighted by Gasteiger charge is 2.23. The normalized spacial score (nSPS) is 18.6. The molecule has 18 heavy (non-hydrogen) atoms. The maximum Gasteiger partial charge on any atom is 0.279 e. The van der Waals surface area contributed by atoms with Gasteiger partial charge < -0.3 is 10.1 Å². The molecule has 3 rings (SSSR count). The molecule has 0 spiro atoms. The number of aromatic amines is 2. The second-order valence-electron chi connectivity index (χ2n) is 4.94. The van der Waals surface area contributed by atoms with Gasteiger partial charge in [0.2, 0.25) is 0 Å².